The minimum absolute atomic E-state index is 0.0609. The van der Waals surface area contributed by atoms with Crippen LogP contribution in [0.4, 0.5) is 18.9 Å². The van der Waals surface area contributed by atoms with Gasteiger partial charge in [-0.3, -0.25) is 4.79 Å². The van der Waals surface area contributed by atoms with E-state index in [9.17, 15) is 18.0 Å². The van der Waals surface area contributed by atoms with Crippen molar-refractivity contribution in [1.29, 1.82) is 0 Å². The van der Waals surface area contributed by atoms with Gasteiger partial charge in [0, 0.05) is 18.8 Å². The molecule has 0 saturated carbocycles. The Morgan fingerprint density at radius 2 is 1.80 bits per heavy atom. The largest absolute Gasteiger partial charge is 0.416 e. The van der Waals surface area contributed by atoms with Crippen molar-refractivity contribution in [3.8, 4) is 0 Å². The lowest BCUT2D eigenvalue weighted by molar-refractivity contribution is -0.137. The van der Waals surface area contributed by atoms with E-state index in [1.54, 1.807) is 4.90 Å². The highest BCUT2D eigenvalue weighted by molar-refractivity contribution is 5.80. The summed E-state index contributed by atoms with van der Waals surface area (Å²) in [6, 6.07) is 4.61. The second-order valence-corrected chi connectivity index (χ2v) is 4.42. The molecule has 0 spiro atoms. The van der Waals surface area contributed by atoms with Crippen LogP contribution in [0.2, 0.25) is 0 Å². The Kier molecular flexibility index (Phi) is 4.49. The van der Waals surface area contributed by atoms with Crippen molar-refractivity contribution < 1.29 is 22.7 Å². The number of nitrogens with zero attached hydrogens (tertiary/aromatic N) is 1. The van der Waals surface area contributed by atoms with Crippen molar-refractivity contribution in [2.24, 2.45) is 0 Å². The molecule has 2 rings (SSSR count). The van der Waals surface area contributed by atoms with Crippen LogP contribution in [0, 0.1) is 0 Å². The average molecular weight is 288 g/mol. The van der Waals surface area contributed by atoms with Crippen LogP contribution in [0.25, 0.3) is 0 Å². The number of alkyl halides is 3. The van der Waals surface area contributed by atoms with Gasteiger partial charge >= 0.3 is 6.18 Å². The summed E-state index contributed by atoms with van der Waals surface area (Å²) >= 11 is 0. The van der Waals surface area contributed by atoms with Gasteiger partial charge in [0.1, 0.15) is 0 Å². The first-order chi connectivity index (χ1) is 9.47. The summed E-state index contributed by atoms with van der Waals surface area (Å²) in [5.74, 6) is -0.0896. The number of morpholine rings is 1. The predicted molar refractivity (Wildman–Crippen MR) is 67.3 cm³/mol. The number of hydrogen-bond acceptors (Lipinski definition) is 3. The Morgan fingerprint density at radius 1 is 1.20 bits per heavy atom. The maximum atomic E-state index is 12.4. The molecule has 1 fully saturated rings. The van der Waals surface area contributed by atoms with Gasteiger partial charge in [0.2, 0.25) is 5.91 Å². The Labute approximate surface area is 114 Å². The molecule has 1 saturated heterocycles. The van der Waals surface area contributed by atoms with E-state index in [-0.39, 0.29) is 12.5 Å². The van der Waals surface area contributed by atoms with Crippen molar-refractivity contribution in [2.75, 3.05) is 38.2 Å². The van der Waals surface area contributed by atoms with Crippen LogP contribution in [0.1, 0.15) is 5.56 Å². The first-order valence-corrected chi connectivity index (χ1v) is 6.23. The number of ether oxygens (including phenoxy) is 1. The van der Waals surface area contributed by atoms with Crippen LogP contribution in [0.5, 0.6) is 0 Å². The number of nitrogens with one attached hydrogen (secondary N) is 1. The van der Waals surface area contributed by atoms with E-state index < -0.39 is 11.7 Å². The van der Waals surface area contributed by atoms with Crippen LogP contribution >= 0.6 is 0 Å². The third-order valence-electron chi connectivity index (χ3n) is 3.02. The van der Waals surface area contributed by atoms with Crippen molar-refractivity contribution >= 4 is 11.6 Å². The molecule has 1 heterocycles. The lowest BCUT2D eigenvalue weighted by Crippen LogP contribution is -2.43. The zero-order valence-electron chi connectivity index (χ0n) is 10.7. The number of anilines is 1. The number of halogens is 3. The minimum atomic E-state index is -4.35. The number of hydrogen-bond donors (Lipinski definition) is 1. The topological polar surface area (TPSA) is 41.6 Å². The van der Waals surface area contributed by atoms with Gasteiger partial charge in [0.05, 0.1) is 25.3 Å². The van der Waals surface area contributed by atoms with Gasteiger partial charge in [0.25, 0.3) is 0 Å². The summed E-state index contributed by atoms with van der Waals surface area (Å²) in [7, 11) is 0. The van der Waals surface area contributed by atoms with E-state index in [0.717, 1.165) is 12.1 Å². The summed E-state index contributed by atoms with van der Waals surface area (Å²) in [4.78, 5) is 13.5. The molecule has 0 aromatic heterocycles. The molecular weight excluding hydrogens is 273 g/mol. The normalized spacial score (nSPS) is 16.1. The highest BCUT2D eigenvalue weighted by Gasteiger charge is 2.29. The summed E-state index contributed by atoms with van der Waals surface area (Å²) < 4.78 is 42.3. The summed E-state index contributed by atoms with van der Waals surface area (Å²) in [6.45, 7) is 2.20. The molecule has 7 heteroatoms. The molecule has 0 aliphatic carbocycles. The van der Waals surface area contributed by atoms with Gasteiger partial charge in [-0.1, -0.05) is 0 Å². The standard InChI is InChI=1S/C13H15F3N2O2/c14-13(15,16)10-1-3-11(4-2-10)17-9-12(19)18-5-7-20-8-6-18/h1-4,17H,5-9H2. The molecule has 4 nitrogen and oxygen atoms in total. The first kappa shape index (κ1) is 14.6. The van der Waals surface area contributed by atoms with Gasteiger partial charge in [-0.15, -0.1) is 0 Å². The fraction of sp³-hybridized carbons (Fsp3) is 0.462. The van der Waals surface area contributed by atoms with Gasteiger partial charge in [0.15, 0.2) is 0 Å². The summed E-state index contributed by atoms with van der Waals surface area (Å²) in [5.41, 5.74) is -0.220. The van der Waals surface area contributed by atoms with Crippen LogP contribution in [-0.2, 0) is 15.7 Å². The Bertz CT molecular complexity index is 454. The molecular formula is C13H15F3N2O2. The molecule has 0 unspecified atom stereocenters. The van der Waals surface area contributed by atoms with Crippen molar-refractivity contribution in [3.63, 3.8) is 0 Å². The smallest absolute Gasteiger partial charge is 0.378 e. The zero-order chi connectivity index (χ0) is 14.6. The second-order valence-electron chi connectivity index (χ2n) is 4.42. The number of carbonyl (C=O) groups excluding carboxylic acids is 1. The van der Waals surface area contributed by atoms with E-state index in [0.29, 0.717) is 32.0 Å². The SMILES string of the molecule is O=C(CNc1ccc(C(F)(F)F)cc1)N1CCOCC1. The third-order valence-corrected chi connectivity index (χ3v) is 3.02. The van der Waals surface area contributed by atoms with Crippen molar-refractivity contribution in [1.82, 2.24) is 4.90 Å². The van der Waals surface area contributed by atoms with Gasteiger partial charge in [-0.2, -0.15) is 13.2 Å². The molecule has 1 aromatic rings. The van der Waals surface area contributed by atoms with Crippen molar-refractivity contribution in [2.45, 2.75) is 6.18 Å². The molecule has 1 aliphatic heterocycles. The maximum Gasteiger partial charge on any atom is 0.416 e. The van der Waals surface area contributed by atoms with Crippen LogP contribution in [0.3, 0.4) is 0 Å². The fourth-order valence-corrected chi connectivity index (χ4v) is 1.88. The molecule has 110 valence electrons. The molecule has 1 aliphatic rings. The van der Waals surface area contributed by atoms with Gasteiger partial charge < -0.3 is 15.0 Å². The third kappa shape index (κ3) is 3.86. The summed E-state index contributed by atoms with van der Waals surface area (Å²) in [6.07, 6.45) is -4.35. The van der Waals surface area contributed by atoms with E-state index in [1.165, 1.54) is 12.1 Å². The Balaban J connectivity index is 1.86. The van der Waals surface area contributed by atoms with Crippen molar-refractivity contribution in [3.05, 3.63) is 29.8 Å². The Morgan fingerprint density at radius 3 is 2.35 bits per heavy atom. The number of benzene rings is 1. The fourth-order valence-electron chi connectivity index (χ4n) is 1.88. The minimum Gasteiger partial charge on any atom is -0.378 e. The second kappa shape index (κ2) is 6.13. The number of amides is 1. The maximum absolute atomic E-state index is 12.4. The molecule has 1 aromatic carbocycles. The van der Waals surface area contributed by atoms with E-state index in [4.69, 9.17) is 4.74 Å². The monoisotopic (exact) mass is 288 g/mol. The highest BCUT2D eigenvalue weighted by Crippen LogP contribution is 2.29. The summed E-state index contributed by atoms with van der Waals surface area (Å²) in [5, 5.41) is 2.82. The molecule has 1 amide bonds. The van der Waals surface area contributed by atoms with Gasteiger partial charge in [-0.25, -0.2) is 0 Å². The molecule has 0 radical (unpaired) electrons. The van der Waals surface area contributed by atoms with Crippen LogP contribution < -0.4 is 5.32 Å². The Hall–Kier alpha value is -1.76. The molecule has 0 bridgehead atoms. The van der Waals surface area contributed by atoms with Crippen LogP contribution in [0.15, 0.2) is 24.3 Å². The lowest BCUT2D eigenvalue weighted by atomic mass is 10.2. The highest BCUT2D eigenvalue weighted by atomic mass is 19.4. The quantitative estimate of drug-likeness (QED) is 0.924. The van der Waals surface area contributed by atoms with E-state index >= 15 is 0 Å². The number of carbonyl (C=O) groups is 1. The van der Waals surface area contributed by atoms with E-state index in [2.05, 4.69) is 5.32 Å². The van der Waals surface area contributed by atoms with E-state index in [1.807, 2.05) is 0 Å². The lowest BCUT2D eigenvalue weighted by Gasteiger charge is -2.27. The number of rotatable bonds is 3. The van der Waals surface area contributed by atoms with Crippen LogP contribution in [-0.4, -0.2) is 43.7 Å². The first-order valence-electron chi connectivity index (χ1n) is 6.23. The molecule has 0 atom stereocenters. The molecule has 1 N–H and O–H groups in total. The molecule has 20 heavy (non-hydrogen) atoms. The average Bonchev–Trinajstić information content (AvgIpc) is 2.45. The van der Waals surface area contributed by atoms with Gasteiger partial charge in [-0.05, 0) is 24.3 Å². The predicted octanol–water partition coefficient (Wildman–Crippen LogP) is 1.98. The zero-order valence-corrected chi connectivity index (χ0v) is 10.7.